The summed E-state index contributed by atoms with van der Waals surface area (Å²) >= 11 is 0. The van der Waals surface area contributed by atoms with Crippen molar-refractivity contribution < 1.29 is 9.21 Å². The highest BCUT2D eigenvalue weighted by Gasteiger charge is 2.28. The molecule has 30 heavy (non-hydrogen) atoms. The van der Waals surface area contributed by atoms with E-state index in [1.807, 2.05) is 56.0 Å². The monoisotopic (exact) mass is 405 g/mol. The molecular formula is C27H35NO2. The van der Waals surface area contributed by atoms with Crippen LogP contribution in [0.2, 0.25) is 0 Å². The van der Waals surface area contributed by atoms with Crippen molar-refractivity contribution in [1.29, 1.82) is 0 Å². The second-order valence-electron chi connectivity index (χ2n) is 9.17. The van der Waals surface area contributed by atoms with Gasteiger partial charge in [0.1, 0.15) is 11.3 Å². The Kier molecular flexibility index (Phi) is 7.36. The Balaban J connectivity index is 1.74. The van der Waals surface area contributed by atoms with Gasteiger partial charge in [0, 0.05) is 28.6 Å². The molecule has 3 rings (SSSR count). The van der Waals surface area contributed by atoms with Gasteiger partial charge in [-0.1, -0.05) is 78.0 Å². The molecule has 0 aliphatic rings. The number of anilines is 1. The van der Waals surface area contributed by atoms with Gasteiger partial charge in [-0.3, -0.25) is 4.79 Å². The summed E-state index contributed by atoms with van der Waals surface area (Å²) < 4.78 is 5.99. The number of nitrogens with zero attached hydrogens (tertiary/aromatic N) is 1. The molecule has 0 unspecified atom stereocenters. The number of fused-ring (bicyclic) bond motifs is 1. The van der Waals surface area contributed by atoms with E-state index in [4.69, 9.17) is 4.42 Å². The van der Waals surface area contributed by atoms with Crippen molar-refractivity contribution in [1.82, 2.24) is 0 Å². The lowest BCUT2D eigenvalue weighted by atomic mass is 9.94. The van der Waals surface area contributed by atoms with Crippen LogP contribution < -0.4 is 4.90 Å². The Bertz CT molecular complexity index is 914. The second kappa shape index (κ2) is 9.97. The predicted molar refractivity (Wildman–Crippen MR) is 127 cm³/mol. The largest absolute Gasteiger partial charge is 0.456 e. The molecule has 1 heterocycles. The molecule has 0 radical (unpaired) electrons. The molecule has 3 nitrogen and oxygen atoms in total. The minimum absolute atomic E-state index is 0.174. The van der Waals surface area contributed by atoms with Crippen LogP contribution in [0.5, 0.6) is 0 Å². The van der Waals surface area contributed by atoms with Crippen molar-refractivity contribution >= 4 is 22.6 Å². The summed E-state index contributed by atoms with van der Waals surface area (Å²) in [5, 5.41) is 1.10. The lowest BCUT2D eigenvalue weighted by Gasteiger charge is -2.30. The first-order valence-electron chi connectivity index (χ1n) is 11.3. The molecule has 3 aromatic rings. The van der Waals surface area contributed by atoms with Crippen molar-refractivity contribution in [2.75, 3.05) is 11.4 Å². The highest BCUT2D eigenvalue weighted by Crippen LogP contribution is 2.30. The van der Waals surface area contributed by atoms with E-state index in [2.05, 4.69) is 31.2 Å². The standard InChI is InChI=1S/C27H35NO2/c1-5-6-7-8-9-12-19-28(26(29)27(2,3)4)23-17-15-21(16-18-23)25-20-22-13-10-11-14-24(22)30-25/h10-11,13-18,20H,5-9,12,19H2,1-4H3. The maximum Gasteiger partial charge on any atom is 0.232 e. The van der Waals surface area contributed by atoms with Crippen molar-refractivity contribution in [2.45, 2.75) is 66.2 Å². The number of carbonyl (C=O) groups is 1. The number of unbranched alkanes of at least 4 members (excludes halogenated alkanes) is 5. The summed E-state index contributed by atoms with van der Waals surface area (Å²) in [4.78, 5) is 15.1. The zero-order valence-electron chi connectivity index (χ0n) is 18.9. The first-order chi connectivity index (χ1) is 14.4. The molecule has 0 N–H and O–H groups in total. The van der Waals surface area contributed by atoms with Gasteiger partial charge >= 0.3 is 0 Å². The first-order valence-corrected chi connectivity index (χ1v) is 11.3. The molecule has 0 fully saturated rings. The van der Waals surface area contributed by atoms with Crippen LogP contribution in [0.25, 0.3) is 22.3 Å². The molecule has 3 heteroatoms. The number of carbonyl (C=O) groups excluding carboxylic acids is 1. The van der Waals surface area contributed by atoms with E-state index >= 15 is 0 Å². The minimum Gasteiger partial charge on any atom is -0.456 e. The van der Waals surface area contributed by atoms with Gasteiger partial charge in [0.05, 0.1) is 0 Å². The zero-order chi connectivity index (χ0) is 21.6. The van der Waals surface area contributed by atoms with Gasteiger partial charge in [-0.15, -0.1) is 0 Å². The Morgan fingerprint density at radius 2 is 1.57 bits per heavy atom. The van der Waals surface area contributed by atoms with Crippen LogP contribution >= 0.6 is 0 Å². The van der Waals surface area contributed by atoms with Crippen LogP contribution in [-0.4, -0.2) is 12.5 Å². The number of benzene rings is 2. The maximum absolute atomic E-state index is 13.1. The third kappa shape index (κ3) is 5.53. The smallest absolute Gasteiger partial charge is 0.232 e. The number of para-hydroxylation sites is 1. The third-order valence-electron chi connectivity index (χ3n) is 5.51. The van der Waals surface area contributed by atoms with Gasteiger partial charge in [0.2, 0.25) is 5.91 Å². The van der Waals surface area contributed by atoms with E-state index < -0.39 is 5.41 Å². The van der Waals surface area contributed by atoms with Gasteiger partial charge in [-0.05, 0) is 42.8 Å². The minimum atomic E-state index is -0.403. The lowest BCUT2D eigenvalue weighted by molar-refractivity contribution is -0.125. The summed E-state index contributed by atoms with van der Waals surface area (Å²) in [6.07, 6.45) is 7.30. The SMILES string of the molecule is CCCCCCCCN(C(=O)C(C)(C)C)c1ccc(-c2cc3ccccc3o2)cc1. The highest BCUT2D eigenvalue weighted by molar-refractivity contribution is 5.97. The fraction of sp³-hybridized carbons (Fsp3) is 0.444. The molecule has 0 saturated carbocycles. The van der Waals surface area contributed by atoms with E-state index in [1.54, 1.807) is 0 Å². The van der Waals surface area contributed by atoms with Gasteiger partial charge in [-0.2, -0.15) is 0 Å². The van der Waals surface area contributed by atoms with E-state index in [-0.39, 0.29) is 5.91 Å². The van der Waals surface area contributed by atoms with Gasteiger partial charge in [0.15, 0.2) is 0 Å². The Hall–Kier alpha value is -2.55. The second-order valence-corrected chi connectivity index (χ2v) is 9.17. The summed E-state index contributed by atoms with van der Waals surface area (Å²) in [5.74, 6) is 1.03. The van der Waals surface area contributed by atoms with Crippen LogP contribution in [0, 0.1) is 5.41 Å². The molecule has 0 saturated heterocycles. The van der Waals surface area contributed by atoms with Crippen molar-refractivity contribution in [2.24, 2.45) is 5.41 Å². The van der Waals surface area contributed by atoms with E-state index in [0.29, 0.717) is 0 Å². The van der Waals surface area contributed by atoms with Gasteiger partial charge < -0.3 is 9.32 Å². The topological polar surface area (TPSA) is 33.5 Å². The number of hydrogen-bond acceptors (Lipinski definition) is 2. The lowest BCUT2D eigenvalue weighted by Crippen LogP contribution is -2.40. The van der Waals surface area contributed by atoms with Gasteiger partial charge in [0.25, 0.3) is 0 Å². The fourth-order valence-electron chi connectivity index (χ4n) is 3.73. The third-order valence-corrected chi connectivity index (χ3v) is 5.51. The number of furan rings is 1. The molecule has 0 aliphatic carbocycles. The Morgan fingerprint density at radius 1 is 0.900 bits per heavy atom. The fourth-order valence-corrected chi connectivity index (χ4v) is 3.73. The van der Waals surface area contributed by atoms with Crippen LogP contribution in [0.1, 0.15) is 66.2 Å². The molecular weight excluding hydrogens is 370 g/mol. The average Bonchev–Trinajstić information content (AvgIpc) is 3.17. The van der Waals surface area contributed by atoms with Crippen molar-refractivity contribution in [3.8, 4) is 11.3 Å². The normalized spacial score (nSPS) is 11.7. The van der Waals surface area contributed by atoms with E-state index in [1.165, 1.54) is 32.1 Å². The number of hydrogen-bond donors (Lipinski definition) is 0. The zero-order valence-corrected chi connectivity index (χ0v) is 18.9. The number of amides is 1. The summed E-state index contributed by atoms with van der Waals surface area (Å²) in [6.45, 7) is 8.98. The van der Waals surface area contributed by atoms with Crippen LogP contribution in [0.4, 0.5) is 5.69 Å². The molecule has 0 atom stereocenters. The van der Waals surface area contributed by atoms with Crippen LogP contribution in [0.15, 0.2) is 59.0 Å². The molecule has 1 amide bonds. The maximum atomic E-state index is 13.1. The van der Waals surface area contributed by atoms with Gasteiger partial charge in [-0.25, -0.2) is 0 Å². The van der Waals surface area contributed by atoms with E-state index in [0.717, 1.165) is 40.9 Å². The molecule has 0 bridgehead atoms. The van der Waals surface area contributed by atoms with Crippen molar-refractivity contribution in [3.05, 3.63) is 54.6 Å². The number of rotatable bonds is 9. The summed E-state index contributed by atoms with van der Waals surface area (Å²) in [5.41, 5.74) is 2.48. The van der Waals surface area contributed by atoms with Crippen molar-refractivity contribution in [3.63, 3.8) is 0 Å². The predicted octanol–water partition coefficient (Wildman–Crippen LogP) is 7.84. The Labute approximate surface area is 181 Å². The van der Waals surface area contributed by atoms with Crippen LogP contribution in [-0.2, 0) is 4.79 Å². The molecule has 2 aromatic carbocycles. The average molecular weight is 406 g/mol. The summed E-state index contributed by atoms with van der Waals surface area (Å²) in [6, 6.07) is 18.3. The Morgan fingerprint density at radius 3 is 2.23 bits per heavy atom. The quantitative estimate of drug-likeness (QED) is 0.340. The first kappa shape index (κ1) is 22.1. The molecule has 0 aliphatic heterocycles. The highest BCUT2D eigenvalue weighted by atomic mass is 16.3. The van der Waals surface area contributed by atoms with E-state index in [9.17, 15) is 4.79 Å². The molecule has 1 aromatic heterocycles. The summed E-state index contributed by atoms with van der Waals surface area (Å²) in [7, 11) is 0. The molecule has 0 spiro atoms. The van der Waals surface area contributed by atoms with Crippen LogP contribution in [0.3, 0.4) is 0 Å². The molecule has 160 valence electrons.